The van der Waals surface area contributed by atoms with E-state index in [1.807, 2.05) is 18.7 Å². The summed E-state index contributed by atoms with van der Waals surface area (Å²) in [6.07, 6.45) is 1.01. The van der Waals surface area contributed by atoms with E-state index in [1.165, 1.54) is 0 Å². The molecule has 0 aliphatic carbocycles. The van der Waals surface area contributed by atoms with Crippen LogP contribution in [0.2, 0.25) is 0 Å². The second-order valence-electron chi connectivity index (χ2n) is 3.00. The van der Waals surface area contributed by atoms with Crippen LogP contribution in [0.5, 0.6) is 0 Å². The minimum atomic E-state index is -0.0635. The van der Waals surface area contributed by atoms with Gasteiger partial charge in [-0.15, -0.1) is 0 Å². The lowest BCUT2D eigenvalue weighted by molar-refractivity contribution is -0.131. The summed E-state index contributed by atoms with van der Waals surface area (Å²) in [6, 6.07) is 0.350. The van der Waals surface area contributed by atoms with Crippen LogP contribution in [0.3, 0.4) is 0 Å². The molecule has 1 amide bonds. The lowest BCUT2D eigenvalue weighted by Crippen LogP contribution is -2.41. The lowest BCUT2D eigenvalue weighted by Gasteiger charge is -2.28. The average molecular weight is 236 g/mol. The van der Waals surface area contributed by atoms with Crippen molar-refractivity contribution in [1.29, 1.82) is 0 Å². The second kappa shape index (κ2) is 5.57. The van der Waals surface area contributed by atoms with Crippen LogP contribution in [-0.2, 0) is 4.79 Å². The van der Waals surface area contributed by atoms with E-state index in [-0.39, 0.29) is 10.7 Å². The molecule has 0 saturated carbocycles. The maximum absolute atomic E-state index is 11.6. The molecule has 0 N–H and O–H groups in total. The Balaban J connectivity index is 4.24. The Hall–Kier alpha value is -0.0500. The van der Waals surface area contributed by atoms with Crippen molar-refractivity contribution < 1.29 is 4.79 Å². The Labute approximate surface area is 83.4 Å². The van der Waals surface area contributed by atoms with Crippen molar-refractivity contribution in [2.24, 2.45) is 0 Å². The zero-order chi connectivity index (χ0) is 9.72. The molecule has 0 rings (SSSR count). The van der Waals surface area contributed by atoms with Crippen molar-refractivity contribution in [3.05, 3.63) is 0 Å². The van der Waals surface area contributed by atoms with Gasteiger partial charge in [0.2, 0.25) is 5.91 Å². The highest BCUT2D eigenvalue weighted by Gasteiger charge is 2.20. The molecule has 72 valence electrons. The van der Waals surface area contributed by atoms with Crippen LogP contribution in [0.15, 0.2) is 0 Å². The summed E-state index contributed by atoms with van der Waals surface area (Å²) in [5.74, 6) is 0.187. The molecule has 0 saturated heterocycles. The Bertz CT molecular complexity index is 147. The molecular weight excluding hydrogens is 218 g/mol. The Kier molecular flexibility index (Phi) is 5.55. The van der Waals surface area contributed by atoms with Crippen molar-refractivity contribution in [3.63, 3.8) is 0 Å². The quantitative estimate of drug-likeness (QED) is 0.686. The van der Waals surface area contributed by atoms with Gasteiger partial charge in [0.15, 0.2) is 0 Å². The lowest BCUT2D eigenvalue weighted by atomic mass is 10.2. The summed E-state index contributed by atoms with van der Waals surface area (Å²) in [5, 5.41) is 0. The molecule has 0 spiro atoms. The third kappa shape index (κ3) is 3.13. The van der Waals surface area contributed by atoms with Crippen LogP contribution in [0, 0.1) is 0 Å². The van der Waals surface area contributed by atoms with Crippen LogP contribution >= 0.6 is 15.9 Å². The number of halogens is 1. The number of carbonyl (C=O) groups is 1. The highest BCUT2D eigenvalue weighted by Crippen LogP contribution is 2.09. The fourth-order valence-corrected chi connectivity index (χ4v) is 1.40. The molecule has 0 aromatic rings. The number of alkyl halides is 1. The van der Waals surface area contributed by atoms with Gasteiger partial charge in [-0.1, -0.05) is 22.9 Å². The first-order chi connectivity index (χ1) is 5.54. The highest BCUT2D eigenvalue weighted by molar-refractivity contribution is 9.10. The summed E-state index contributed by atoms with van der Waals surface area (Å²) in [6.45, 7) is 8.85. The molecule has 12 heavy (non-hydrogen) atoms. The predicted molar refractivity (Wildman–Crippen MR) is 55.5 cm³/mol. The van der Waals surface area contributed by atoms with Crippen LogP contribution < -0.4 is 0 Å². The van der Waals surface area contributed by atoms with Crippen molar-refractivity contribution in [2.75, 3.05) is 6.54 Å². The largest absolute Gasteiger partial charge is 0.339 e. The zero-order valence-corrected chi connectivity index (χ0v) is 9.89. The molecule has 0 aromatic carbocycles. The third-order valence-corrected chi connectivity index (χ3v) is 2.48. The molecule has 0 fully saturated rings. The number of hydrogen-bond donors (Lipinski definition) is 0. The topological polar surface area (TPSA) is 20.3 Å². The fourth-order valence-electron chi connectivity index (χ4n) is 1.13. The van der Waals surface area contributed by atoms with Gasteiger partial charge in [0, 0.05) is 12.6 Å². The molecule has 0 radical (unpaired) electrons. The summed E-state index contributed by atoms with van der Waals surface area (Å²) in [7, 11) is 0. The Morgan fingerprint density at radius 1 is 1.42 bits per heavy atom. The van der Waals surface area contributed by atoms with E-state index in [1.54, 1.807) is 0 Å². The van der Waals surface area contributed by atoms with Gasteiger partial charge in [-0.3, -0.25) is 4.79 Å². The van der Waals surface area contributed by atoms with E-state index >= 15 is 0 Å². The van der Waals surface area contributed by atoms with E-state index in [2.05, 4.69) is 29.8 Å². The van der Waals surface area contributed by atoms with Gasteiger partial charge in [0.1, 0.15) is 0 Å². The third-order valence-electron chi connectivity index (χ3n) is 2.09. The van der Waals surface area contributed by atoms with Gasteiger partial charge in [0.05, 0.1) is 4.83 Å². The molecule has 0 aromatic heterocycles. The van der Waals surface area contributed by atoms with Crippen LogP contribution in [0.25, 0.3) is 0 Å². The molecule has 0 heterocycles. The van der Waals surface area contributed by atoms with Gasteiger partial charge in [0.25, 0.3) is 0 Å². The number of carbonyl (C=O) groups excluding carboxylic acids is 1. The van der Waals surface area contributed by atoms with Gasteiger partial charge in [-0.25, -0.2) is 0 Å². The summed E-state index contributed by atoms with van der Waals surface area (Å²) in [4.78, 5) is 13.4. The van der Waals surface area contributed by atoms with Gasteiger partial charge >= 0.3 is 0 Å². The van der Waals surface area contributed by atoms with Crippen LogP contribution in [-0.4, -0.2) is 28.2 Å². The summed E-state index contributed by atoms with van der Waals surface area (Å²) in [5.41, 5.74) is 0. The number of nitrogens with zero attached hydrogens (tertiary/aromatic N) is 1. The van der Waals surface area contributed by atoms with Crippen LogP contribution in [0.1, 0.15) is 34.1 Å². The van der Waals surface area contributed by atoms with Crippen LogP contribution in [0.4, 0.5) is 0 Å². The number of amides is 1. The molecule has 3 heteroatoms. The smallest absolute Gasteiger partial charge is 0.236 e. The highest BCUT2D eigenvalue weighted by atomic mass is 79.9. The Morgan fingerprint density at radius 3 is 2.17 bits per heavy atom. The van der Waals surface area contributed by atoms with Gasteiger partial charge in [-0.2, -0.15) is 0 Å². The summed E-state index contributed by atoms with van der Waals surface area (Å²) >= 11 is 3.29. The maximum atomic E-state index is 11.6. The van der Waals surface area contributed by atoms with Crippen molar-refractivity contribution in [1.82, 2.24) is 4.90 Å². The van der Waals surface area contributed by atoms with E-state index in [0.717, 1.165) is 13.0 Å². The molecule has 0 aliphatic rings. The first-order valence-corrected chi connectivity index (χ1v) is 5.40. The monoisotopic (exact) mass is 235 g/mol. The molecule has 0 aliphatic heterocycles. The van der Waals surface area contributed by atoms with Gasteiger partial charge in [-0.05, 0) is 27.2 Å². The van der Waals surface area contributed by atoms with Crippen molar-refractivity contribution >= 4 is 21.8 Å². The van der Waals surface area contributed by atoms with E-state index in [4.69, 9.17) is 0 Å². The first kappa shape index (κ1) is 11.9. The summed E-state index contributed by atoms with van der Waals surface area (Å²) < 4.78 is 0. The number of rotatable bonds is 4. The first-order valence-electron chi connectivity index (χ1n) is 4.49. The van der Waals surface area contributed by atoms with E-state index in [0.29, 0.717) is 6.04 Å². The van der Waals surface area contributed by atoms with E-state index < -0.39 is 0 Å². The number of hydrogen-bond acceptors (Lipinski definition) is 1. The molecule has 2 nitrogen and oxygen atoms in total. The van der Waals surface area contributed by atoms with Crippen molar-refractivity contribution in [3.8, 4) is 0 Å². The second-order valence-corrected chi connectivity index (χ2v) is 4.37. The SMILES string of the molecule is CCC(C)N(CC)C(=O)C(C)Br. The van der Waals surface area contributed by atoms with E-state index in [9.17, 15) is 4.79 Å². The maximum Gasteiger partial charge on any atom is 0.236 e. The van der Waals surface area contributed by atoms with Gasteiger partial charge < -0.3 is 4.90 Å². The average Bonchev–Trinajstić information content (AvgIpc) is 2.05. The molecule has 0 bridgehead atoms. The fraction of sp³-hybridized carbons (Fsp3) is 0.889. The zero-order valence-electron chi connectivity index (χ0n) is 8.30. The minimum absolute atomic E-state index is 0.0635. The molecule has 2 atom stereocenters. The standard InChI is InChI=1S/C9H18BrNO/c1-5-7(3)11(6-2)9(12)8(4)10/h7-8H,5-6H2,1-4H3. The molecule has 2 unspecified atom stereocenters. The minimum Gasteiger partial charge on any atom is -0.339 e. The predicted octanol–water partition coefficient (Wildman–Crippen LogP) is 2.42. The Morgan fingerprint density at radius 2 is 1.92 bits per heavy atom. The normalized spacial score (nSPS) is 15.4. The van der Waals surface area contributed by atoms with Crippen molar-refractivity contribution in [2.45, 2.75) is 45.0 Å². The molecular formula is C9H18BrNO.